The summed E-state index contributed by atoms with van der Waals surface area (Å²) in [6.07, 6.45) is 2.18. The molecule has 2 N–H and O–H groups in total. The van der Waals surface area contributed by atoms with E-state index in [2.05, 4.69) is 0 Å². The molecule has 1 aromatic rings. The molecule has 0 saturated carbocycles. The van der Waals surface area contributed by atoms with Crippen LogP contribution in [0.25, 0.3) is 0 Å². The van der Waals surface area contributed by atoms with Crippen molar-refractivity contribution in [2.45, 2.75) is 64.8 Å². The summed E-state index contributed by atoms with van der Waals surface area (Å²) in [5, 5.41) is 0. The molecule has 120 valence electrons. The van der Waals surface area contributed by atoms with Crippen molar-refractivity contribution in [1.29, 1.82) is 0 Å². The summed E-state index contributed by atoms with van der Waals surface area (Å²) in [5.41, 5.74) is 8.34. The molecule has 0 fully saturated rings. The van der Waals surface area contributed by atoms with Gasteiger partial charge >= 0.3 is 0 Å². The summed E-state index contributed by atoms with van der Waals surface area (Å²) in [7, 11) is -3.51. The van der Waals surface area contributed by atoms with Crippen LogP contribution in [0.5, 0.6) is 0 Å². The molecule has 0 radical (unpaired) electrons. The predicted octanol–water partition coefficient (Wildman–Crippen LogP) is 3.20. The quantitative estimate of drug-likeness (QED) is 0.786. The fraction of sp³-hybridized carbons (Fsp3) is 0.625. The highest BCUT2D eigenvalue weighted by molar-refractivity contribution is 7.89. The van der Waals surface area contributed by atoms with Crippen molar-refractivity contribution in [2.75, 3.05) is 12.3 Å². The van der Waals surface area contributed by atoms with Crippen LogP contribution in [0.1, 0.15) is 52.2 Å². The molecule has 0 aliphatic carbocycles. The Kier molecular flexibility index (Phi) is 6.23. The molecular formula is C16H28N2O2S. The monoisotopic (exact) mass is 312 g/mol. The predicted molar refractivity (Wildman–Crippen MR) is 88.9 cm³/mol. The fourth-order valence-electron chi connectivity index (χ4n) is 2.54. The maximum Gasteiger partial charge on any atom is 0.243 e. The zero-order valence-corrected chi connectivity index (χ0v) is 14.6. The van der Waals surface area contributed by atoms with Gasteiger partial charge in [0.2, 0.25) is 10.0 Å². The second-order valence-corrected chi connectivity index (χ2v) is 7.44. The first-order chi connectivity index (χ1) is 9.79. The number of rotatable bonds is 7. The number of nitrogens with zero attached hydrogens (tertiary/aromatic N) is 1. The van der Waals surface area contributed by atoms with Crippen molar-refractivity contribution in [3.63, 3.8) is 0 Å². The Morgan fingerprint density at radius 2 is 1.76 bits per heavy atom. The smallest absolute Gasteiger partial charge is 0.243 e. The zero-order chi connectivity index (χ0) is 16.2. The first-order valence-electron chi connectivity index (χ1n) is 7.72. The van der Waals surface area contributed by atoms with Crippen LogP contribution in [-0.2, 0) is 22.9 Å². The molecule has 0 heterocycles. The number of nitrogen functional groups attached to an aromatic ring is 1. The van der Waals surface area contributed by atoms with Crippen LogP contribution in [0, 0.1) is 0 Å². The summed E-state index contributed by atoms with van der Waals surface area (Å²) in [6, 6.07) is 3.61. The lowest BCUT2D eigenvalue weighted by molar-refractivity contribution is 0.354. The summed E-state index contributed by atoms with van der Waals surface area (Å²) < 4.78 is 27.6. The molecule has 0 spiro atoms. The molecule has 0 aliphatic rings. The van der Waals surface area contributed by atoms with E-state index >= 15 is 0 Å². The summed E-state index contributed by atoms with van der Waals surface area (Å²) >= 11 is 0. The summed E-state index contributed by atoms with van der Waals surface area (Å²) in [4.78, 5) is 0.379. The van der Waals surface area contributed by atoms with Gasteiger partial charge in [0.1, 0.15) is 0 Å². The van der Waals surface area contributed by atoms with Gasteiger partial charge in [-0.2, -0.15) is 4.31 Å². The van der Waals surface area contributed by atoms with Gasteiger partial charge in [-0.15, -0.1) is 0 Å². The minimum atomic E-state index is -3.51. The second kappa shape index (κ2) is 7.27. The molecular weight excluding hydrogens is 284 g/mol. The second-order valence-electron chi connectivity index (χ2n) is 5.58. The van der Waals surface area contributed by atoms with E-state index in [-0.39, 0.29) is 6.04 Å². The molecule has 0 aliphatic heterocycles. The minimum absolute atomic E-state index is 0.0637. The summed E-state index contributed by atoms with van der Waals surface area (Å²) in [5.74, 6) is 0. The van der Waals surface area contributed by atoms with Crippen molar-refractivity contribution >= 4 is 15.7 Å². The average Bonchev–Trinajstić information content (AvgIpc) is 2.43. The average molecular weight is 312 g/mol. The zero-order valence-electron chi connectivity index (χ0n) is 13.8. The van der Waals surface area contributed by atoms with Gasteiger partial charge in [-0.3, -0.25) is 0 Å². The van der Waals surface area contributed by atoms with E-state index in [9.17, 15) is 8.42 Å². The molecule has 4 nitrogen and oxygen atoms in total. The first-order valence-corrected chi connectivity index (χ1v) is 9.16. The van der Waals surface area contributed by atoms with E-state index in [1.807, 2.05) is 40.7 Å². The van der Waals surface area contributed by atoms with Crippen molar-refractivity contribution in [1.82, 2.24) is 4.31 Å². The Morgan fingerprint density at radius 1 is 1.14 bits per heavy atom. The standard InChI is InChI=1S/C16H28N2O2S/c1-6-9-18(12(4)5)21(19,20)16-11-13(7-2)10-15(17)14(16)8-3/h10-12H,6-9,17H2,1-5H3. The third-order valence-corrected chi connectivity index (χ3v) is 5.81. The lowest BCUT2D eigenvalue weighted by Crippen LogP contribution is -2.38. The number of benzene rings is 1. The van der Waals surface area contributed by atoms with E-state index in [0.717, 1.165) is 24.0 Å². The maximum atomic E-state index is 13.0. The van der Waals surface area contributed by atoms with Crippen LogP contribution < -0.4 is 5.73 Å². The normalized spacial score (nSPS) is 12.3. The van der Waals surface area contributed by atoms with Crippen LogP contribution >= 0.6 is 0 Å². The maximum absolute atomic E-state index is 13.0. The summed E-state index contributed by atoms with van der Waals surface area (Å²) in [6.45, 7) is 10.3. The highest BCUT2D eigenvalue weighted by atomic mass is 32.2. The van der Waals surface area contributed by atoms with Gasteiger partial charge in [0.15, 0.2) is 0 Å². The highest BCUT2D eigenvalue weighted by Gasteiger charge is 2.29. The van der Waals surface area contributed by atoms with Gasteiger partial charge in [0.05, 0.1) is 4.90 Å². The topological polar surface area (TPSA) is 63.4 Å². The third-order valence-electron chi connectivity index (χ3n) is 3.67. The molecule has 0 unspecified atom stereocenters. The van der Waals surface area contributed by atoms with E-state index in [4.69, 9.17) is 5.73 Å². The van der Waals surface area contributed by atoms with E-state index in [0.29, 0.717) is 23.5 Å². The lowest BCUT2D eigenvalue weighted by atomic mass is 10.1. The molecule has 0 amide bonds. The SMILES string of the molecule is CCCN(C(C)C)S(=O)(=O)c1cc(CC)cc(N)c1CC. The number of nitrogens with two attached hydrogens (primary N) is 1. The van der Waals surface area contributed by atoms with Gasteiger partial charge < -0.3 is 5.73 Å². The minimum Gasteiger partial charge on any atom is -0.398 e. The largest absolute Gasteiger partial charge is 0.398 e. The Bertz CT molecular complexity index is 580. The van der Waals surface area contributed by atoms with Crippen molar-refractivity contribution < 1.29 is 8.42 Å². The first kappa shape index (κ1) is 18.0. The van der Waals surface area contributed by atoms with Gasteiger partial charge in [-0.1, -0.05) is 20.8 Å². The van der Waals surface area contributed by atoms with Crippen molar-refractivity contribution in [3.05, 3.63) is 23.3 Å². The highest BCUT2D eigenvalue weighted by Crippen LogP contribution is 2.28. The van der Waals surface area contributed by atoms with Crippen LogP contribution in [0.2, 0.25) is 0 Å². The molecule has 1 rings (SSSR count). The van der Waals surface area contributed by atoms with E-state index in [1.165, 1.54) is 0 Å². The molecule has 1 aromatic carbocycles. The van der Waals surface area contributed by atoms with Gasteiger partial charge in [0.25, 0.3) is 0 Å². The number of anilines is 1. The Balaban J connectivity index is 3.51. The number of hydrogen-bond acceptors (Lipinski definition) is 3. The van der Waals surface area contributed by atoms with Gasteiger partial charge in [-0.05, 0) is 56.4 Å². The third kappa shape index (κ3) is 3.77. The fourth-order valence-corrected chi connectivity index (χ4v) is 4.65. The van der Waals surface area contributed by atoms with E-state index in [1.54, 1.807) is 10.4 Å². The lowest BCUT2D eigenvalue weighted by Gasteiger charge is -2.27. The van der Waals surface area contributed by atoms with Crippen LogP contribution in [0.15, 0.2) is 17.0 Å². The number of aryl methyl sites for hydroxylation is 1. The Hall–Kier alpha value is -1.07. The van der Waals surface area contributed by atoms with Crippen LogP contribution in [0.3, 0.4) is 0 Å². The Labute approximate surface area is 129 Å². The molecule has 0 atom stereocenters. The molecule has 21 heavy (non-hydrogen) atoms. The molecule has 5 heteroatoms. The molecule has 0 aromatic heterocycles. The Morgan fingerprint density at radius 3 is 2.19 bits per heavy atom. The molecule has 0 bridgehead atoms. The van der Waals surface area contributed by atoms with Gasteiger partial charge in [-0.25, -0.2) is 8.42 Å². The number of sulfonamides is 1. The van der Waals surface area contributed by atoms with Crippen LogP contribution in [-0.4, -0.2) is 25.3 Å². The van der Waals surface area contributed by atoms with Crippen LogP contribution in [0.4, 0.5) is 5.69 Å². The number of hydrogen-bond donors (Lipinski definition) is 1. The van der Waals surface area contributed by atoms with E-state index < -0.39 is 10.0 Å². The van der Waals surface area contributed by atoms with Crippen molar-refractivity contribution in [3.8, 4) is 0 Å². The molecule has 0 saturated heterocycles. The van der Waals surface area contributed by atoms with Gasteiger partial charge in [0, 0.05) is 18.3 Å². The van der Waals surface area contributed by atoms with Crippen molar-refractivity contribution in [2.24, 2.45) is 0 Å².